The summed E-state index contributed by atoms with van der Waals surface area (Å²) in [4.78, 5) is 12.7. The second-order valence-electron chi connectivity index (χ2n) is 6.88. The first-order valence-electron chi connectivity index (χ1n) is 8.70. The monoisotopic (exact) mass is 390 g/mol. The van der Waals surface area contributed by atoms with Crippen molar-refractivity contribution in [1.29, 1.82) is 0 Å². The molecule has 2 rings (SSSR count). The number of anilines is 1. The zero-order valence-corrected chi connectivity index (χ0v) is 16.8. The molecule has 146 valence electrons. The highest BCUT2D eigenvalue weighted by Crippen LogP contribution is 2.24. The molecule has 7 heteroatoms. The molecule has 0 bridgehead atoms. The van der Waals surface area contributed by atoms with Crippen LogP contribution in [0.1, 0.15) is 42.2 Å². The van der Waals surface area contributed by atoms with E-state index in [1.54, 1.807) is 31.4 Å². The van der Waals surface area contributed by atoms with Gasteiger partial charge in [-0.25, -0.2) is 8.42 Å². The van der Waals surface area contributed by atoms with E-state index in [2.05, 4.69) is 23.9 Å². The van der Waals surface area contributed by atoms with Crippen LogP contribution in [0.25, 0.3) is 0 Å². The minimum absolute atomic E-state index is 0.128. The Balaban J connectivity index is 2.14. The number of hydrogen-bond donors (Lipinski definition) is 2. The summed E-state index contributed by atoms with van der Waals surface area (Å²) in [7, 11) is -1.73. The fraction of sp³-hybridized carbons (Fsp3) is 0.350. The van der Waals surface area contributed by atoms with Gasteiger partial charge in [-0.2, -0.15) is 0 Å². The van der Waals surface area contributed by atoms with Crippen molar-refractivity contribution in [3.63, 3.8) is 0 Å². The van der Waals surface area contributed by atoms with E-state index in [0.29, 0.717) is 17.2 Å². The standard InChI is InChI=1S/C20H26N2O4S/c1-14(2)13-19(15-7-11-18(26-3)12-8-15)21-20(23)16-5-9-17(10-6-16)22-27(4,24)25/h5-12,14,19,22H,13H2,1-4H3,(H,21,23)/t19-/m1/s1. The van der Waals surface area contributed by atoms with Crippen molar-refractivity contribution >= 4 is 21.6 Å². The maximum atomic E-state index is 12.7. The molecule has 1 atom stereocenters. The minimum Gasteiger partial charge on any atom is -0.497 e. The topological polar surface area (TPSA) is 84.5 Å². The number of benzene rings is 2. The zero-order chi connectivity index (χ0) is 20.0. The lowest BCUT2D eigenvalue weighted by atomic mass is 9.96. The van der Waals surface area contributed by atoms with Crippen LogP contribution < -0.4 is 14.8 Å². The molecule has 0 saturated heterocycles. The second-order valence-corrected chi connectivity index (χ2v) is 8.63. The van der Waals surface area contributed by atoms with Crippen LogP contribution in [0.3, 0.4) is 0 Å². The number of carbonyl (C=O) groups is 1. The van der Waals surface area contributed by atoms with Gasteiger partial charge in [-0.15, -0.1) is 0 Å². The summed E-state index contributed by atoms with van der Waals surface area (Å²) < 4.78 is 30.1. The first-order chi connectivity index (χ1) is 12.7. The molecule has 0 aliphatic carbocycles. The summed E-state index contributed by atoms with van der Waals surface area (Å²) in [6.07, 6.45) is 1.88. The van der Waals surface area contributed by atoms with Crippen molar-refractivity contribution in [2.75, 3.05) is 18.1 Å². The number of ether oxygens (including phenoxy) is 1. The van der Waals surface area contributed by atoms with Gasteiger partial charge >= 0.3 is 0 Å². The number of sulfonamides is 1. The van der Waals surface area contributed by atoms with Crippen LogP contribution >= 0.6 is 0 Å². The molecule has 27 heavy (non-hydrogen) atoms. The highest BCUT2D eigenvalue weighted by atomic mass is 32.2. The molecule has 0 spiro atoms. The van der Waals surface area contributed by atoms with Crippen LogP contribution in [-0.4, -0.2) is 27.7 Å². The Bertz CT molecular complexity index is 860. The van der Waals surface area contributed by atoms with E-state index in [1.807, 2.05) is 24.3 Å². The van der Waals surface area contributed by atoms with E-state index in [9.17, 15) is 13.2 Å². The van der Waals surface area contributed by atoms with E-state index in [-0.39, 0.29) is 11.9 Å². The highest BCUT2D eigenvalue weighted by molar-refractivity contribution is 7.92. The summed E-state index contributed by atoms with van der Waals surface area (Å²) >= 11 is 0. The van der Waals surface area contributed by atoms with Gasteiger partial charge in [0.1, 0.15) is 5.75 Å². The van der Waals surface area contributed by atoms with Gasteiger partial charge in [0, 0.05) is 11.3 Å². The van der Waals surface area contributed by atoms with Crippen molar-refractivity contribution in [1.82, 2.24) is 5.32 Å². The Morgan fingerprint density at radius 1 is 1.04 bits per heavy atom. The van der Waals surface area contributed by atoms with Crippen LogP contribution in [0.2, 0.25) is 0 Å². The Morgan fingerprint density at radius 2 is 1.63 bits per heavy atom. The number of carbonyl (C=O) groups excluding carboxylic acids is 1. The SMILES string of the molecule is COc1ccc([C@@H](CC(C)C)NC(=O)c2ccc(NS(C)(=O)=O)cc2)cc1. The summed E-state index contributed by atoms with van der Waals surface area (Å²) in [5.41, 5.74) is 1.90. The number of methoxy groups -OCH3 is 1. The van der Waals surface area contributed by atoms with Gasteiger partial charge in [0.25, 0.3) is 5.91 Å². The predicted molar refractivity (Wildman–Crippen MR) is 108 cm³/mol. The molecule has 2 N–H and O–H groups in total. The average molecular weight is 391 g/mol. The number of hydrogen-bond acceptors (Lipinski definition) is 4. The quantitative estimate of drug-likeness (QED) is 0.721. The van der Waals surface area contributed by atoms with Crippen molar-refractivity contribution in [3.8, 4) is 5.75 Å². The zero-order valence-electron chi connectivity index (χ0n) is 16.0. The molecule has 2 aromatic carbocycles. The normalized spacial score (nSPS) is 12.5. The van der Waals surface area contributed by atoms with Gasteiger partial charge in [0.2, 0.25) is 10.0 Å². The van der Waals surface area contributed by atoms with Crippen LogP contribution in [-0.2, 0) is 10.0 Å². The first kappa shape index (κ1) is 20.8. The fourth-order valence-corrected chi connectivity index (χ4v) is 3.30. The number of rotatable bonds is 8. The largest absolute Gasteiger partial charge is 0.497 e. The molecule has 0 aromatic heterocycles. The van der Waals surface area contributed by atoms with E-state index >= 15 is 0 Å². The summed E-state index contributed by atoms with van der Waals surface area (Å²) in [5, 5.41) is 3.07. The first-order valence-corrected chi connectivity index (χ1v) is 10.6. The molecule has 0 aliphatic rings. The van der Waals surface area contributed by atoms with Gasteiger partial charge in [-0.05, 0) is 54.3 Å². The molecule has 0 heterocycles. The average Bonchev–Trinajstić information content (AvgIpc) is 2.60. The highest BCUT2D eigenvalue weighted by Gasteiger charge is 2.17. The fourth-order valence-electron chi connectivity index (χ4n) is 2.73. The second kappa shape index (κ2) is 8.90. The summed E-state index contributed by atoms with van der Waals surface area (Å²) in [6.45, 7) is 4.21. The van der Waals surface area contributed by atoms with Gasteiger partial charge in [-0.3, -0.25) is 9.52 Å². The molecule has 0 radical (unpaired) electrons. The lowest BCUT2D eigenvalue weighted by Crippen LogP contribution is -2.29. The van der Waals surface area contributed by atoms with Crippen LogP contribution in [0, 0.1) is 5.92 Å². The molecule has 6 nitrogen and oxygen atoms in total. The lowest BCUT2D eigenvalue weighted by Gasteiger charge is -2.21. The molecule has 0 aliphatic heterocycles. The minimum atomic E-state index is -3.35. The molecule has 1 amide bonds. The third kappa shape index (κ3) is 6.60. The van der Waals surface area contributed by atoms with Crippen LogP contribution in [0.5, 0.6) is 5.75 Å². The maximum Gasteiger partial charge on any atom is 0.251 e. The Kier molecular flexibility index (Phi) is 6.85. The van der Waals surface area contributed by atoms with Crippen LogP contribution in [0.15, 0.2) is 48.5 Å². The van der Waals surface area contributed by atoms with Gasteiger partial charge < -0.3 is 10.1 Å². The molecule has 0 fully saturated rings. The molecule has 0 unspecified atom stereocenters. The number of amides is 1. The summed E-state index contributed by atoms with van der Waals surface area (Å²) in [6, 6.07) is 13.9. The van der Waals surface area contributed by atoms with Crippen molar-refractivity contribution in [3.05, 3.63) is 59.7 Å². The van der Waals surface area contributed by atoms with Gasteiger partial charge in [0.15, 0.2) is 0 Å². The third-order valence-electron chi connectivity index (χ3n) is 3.98. The van der Waals surface area contributed by atoms with Crippen molar-refractivity contribution in [2.24, 2.45) is 5.92 Å². The van der Waals surface area contributed by atoms with Gasteiger partial charge in [-0.1, -0.05) is 26.0 Å². The van der Waals surface area contributed by atoms with E-state index < -0.39 is 10.0 Å². The Hall–Kier alpha value is -2.54. The van der Waals surface area contributed by atoms with E-state index in [0.717, 1.165) is 24.0 Å². The van der Waals surface area contributed by atoms with Crippen molar-refractivity contribution < 1.29 is 17.9 Å². The Labute approximate surface area is 161 Å². The molecular formula is C20H26N2O4S. The Morgan fingerprint density at radius 3 is 2.11 bits per heavy atom. The van der Waals surface area contributed by atoms with Crippen molar-refractivity contribution in [2.45, 2.75) is 26.3 Å². The molecular weight excluding hydrogens is 364 g/mol. The van der Waals surface area contributed by atoms with Gasteiger partial charge in [0.05, 0.1) is 19.4 Å². The number of nitrogens with one attached hydrogen (secondary N) is 2. The van der Waals surface area contributed by atoms with Crippen LogP contribution in [0.4, 0.5) is 5.69 Å². The smallest absolute Gasteiger partial charge is 0.251 e. The lowest BCUT2D eigenvalue weighted by molar-refractivity contribution is 0.0932. The maximum absolute atomic E-state index is 12.7. The van der Waals surface area contributed by atoms with E-state index in [1.165, 1.54) is 0 Å². The third-order valence-corrected chi connectivity index (χ3v) is 4.59. The summed E-state index contributed by atoms with van der Waals surface area (Å²) in [5.74, 6) is 0.962. The molecule has 2 aromatic rings. The predicted octanol–water partition coefficient (Wildman–Crippen LogP) is 3.58. The van der Waals surface area contributed by atoms with E-state index in [4.69, 9.17) is 4.74 Å². The molecule has 0 saturated carbocycles.